The molecule has 0 unspecified atom stereocenters. The van der Waals surface area contributed by atoms with Crippen LogP contribution in [0.25, 0.3) is 0 Å². The Hall–Kier alpha value is -2.66. The zero-order chi connectivity index (χ0) is 18.4. The van der Waals surface area contributed by atoms with E-state index in [4.69, 9.17) is 21.6 Å². The third-order valence-electron chi connectivity index (χ3n) is 3.37. The van der Waals surface area contributed by atoms with Gasteiger partial charge in [-0.25, -0.2) is 4.79 Å². The van der Waals surface area contributed by atoms with Crippen molar-refractivity contribution in [2.24, 2.45) is 0 Å². The van der Waals surface area contributed by atoms with Crippen molar-refractivity contribution < 1.29 is 27.8 Å². The molecule has 0 aliphatic heterocycles. The number of hydrogen-bond acceptors (Lipinski definition) is 5. The molecule has 9 heteroatoms. The van der Waals surface area contributed by atoms with Gasteiger partial charge in [-0.3, -0.25) is 4.79 Å². The zero-order valence-corrected chi connectivity index (χ0v) is 13.6. The van der Waals surface area contributed by atoms with E-state index < -0.39 is 25.1 Å². The molecule has 1 aromatic carbocycles. The summed E-state index contributed by atoms with van der Waals surface area (Å²) in [6, 6.07) is 5.67. The minimum atomic E-state index is -3.01. The maximum Gasteiger partial charge on any atom is 0.387 e. The van der Waals surface area contributed by atoms with E-state index in [0.29, 0.717) is 30.4 Å². The van der Waals surface area contributed by atoms with Gasteiger partial charge in [-0.2, -0.15) is 14.0 Å². The van der Waals surface area contributed by atoms with Gasteiger partial charge in [0.1, 0.15) is 5.75 Å². The minimum absolute atomic E-state index is 0.107. The molecule has 1 N–H and O–H groups in total. The lowest BCUT2D eigenvalue weighted by Crippen LogP contribution is -2.21. The summed E-state index contributed by atoms with van der Waals surface area (Å²) in [5.74, 6) is -1.55. The number of carbonyl (C=O) groups excluding carboxylic acids is 2. The highest BCUT2D eigenvalue weighted by Crippen LogP contribution is 2.29. The van der Waals surface area contributed by atoms with Gasteiger partial charge in [0.15, 0.2) is 6.61 Å². The van der Waals surface area contributed by atoms with E-state index in [1.54, 1.807) is 0 Å². The molecule has 1 aromatic rings. The minimum Gasteiger partial charge on any atom is -0.452 e. The molecule has 132 valence electrons. The first-order valence-electron chi connectivity index (χ1n) is 7.24. The van der Waals surface area contributed by atoms with Crippen molar-refractivity contribution in [2.75, 3.05) is 11.9 Å². The fraction of sp³-hybridized carbons (Fsp3) is 0.312. The average Bonchev–Trinajstić information content (AvgIpc) is 3.03. The van der Waals surface area contributed by atoms with E-state index in [-0.39, 0.29) is 16.5 Å². The Morgan fingerprint density at radius 3 is 2.76 bits per heavy atom. The topological polar surface area (TPSA) is 88.4 Å². The zero-order valence-electron chi connectivity index (χ0n) is 12.9. The number of ether oxygens (including phenoxy) is 2. The number of anilines is 1. The molecule has 0 radical (unpaired) electrons. The fourth-order valence-corrected chi connectivity index (χ4v) is 2.50. The molecule has 6 nitrogen and oxygen atoms in total. The van der Waals surface area contributed by atoms with E-state index >= 15 is 0 Å². The number of esters is 1. The Bertz CT molecular complexity index is 759. The number of amides is 1. The highest BCUT2D eigenvalue weighted by atomic mass is 35.5. The summed E-state index contributed by atoms with van der Waals surface area (Å²) in [6.07, 6.45) is 1.67. The number of benzene rings is 1. The number of rotatable bonds is 6. The summed E-state index contributed by atoms with van der Waals surface area (Å²) in [6.45, 7) is -3.56. The summed E-state index contributed by atoms with van der Waals surface area (Å²) in [4.78, 5) is 23.6. The first-order valence-corrected chi connectivity index (χ1v) is 7.62. The second-order valence-corrected chi connectivity index (χ2v) is 5.48. The summed E-state index contributed by atoms with van der Waals surface area (Å²) >= 11 is 5.77. The fourth-order valence-electron chi connectivity index (χ4n) is 2.28. The number of carbonyl (C=O) groups is 2. The average molecular weight is 371 g/mol. The lowest BCUT2D eigenvalue weighted by Gasteiger charge is -2.10. The van der Waals surface area contributed by atoms with Crippen LogP contribution in [-0.2, 0) is 14.3 Å². The summed E-state index contributed by atoms with van der Waals surface area (Å²) in [7, 11) is 0. The Morgan fingerprint density at radius 2 is 2.12 bits per heavy atom. The van der Waals surface area contributed by atoms with Gasteiger partial charge in [0.2, 0.25) is 0 Å². The molecular formula is C16H13ClF2N2O4. The van der Waals surface area contributed by atoms with Crippen LogP contribution >= 0.6 is 11.6 Å². The van der Waals surface area contributed by atoms with Gasteiger partial charge in [-0.05, 0) is 37.5 Å². The first-order chi connectivity index (χ1) is 11.9. The van der Waals surface area contributed by atoms with Gasteiger partial charge in [-0.1, -0.05) is 11.6 Å². The highest BCUT2D eigenvalue weighted by Gasteiger charge is 2.22. The van der Waals surface area contributed by atoms with Crippen molar-refractivity contribution in [2.45, 2.75) is 25.9 Å². The summed E-state index contributed by atoms with van der Waals surface area (Å²) in [5, 5.41) is 11.2. The van der Waals surface area contributed by atoms with Crippen molar-refractivity contribution in [1.82, 2.24) is 0 Å². The second kappa shape index (κ2) is 8.44. The molecule has 1 aliphatic carbocycles. The monoisotopic (exact) mass is 370 g/mol. The number of alkyl halides is 2. The van der Waals surface area contributed by atoms with Crippen molar-refractivity contribution in [1.29, 1.82) is 5.26 Å². The molecule has 0 bridgehead atoms. The van der Waals surface area contributed by atoms with Crippen LogP contribution in [0.3, 0.4) is 0 Å². The van der Waals surface area contributed by atoms with E-state index in [1.807, 2.05) is 6.07 Å². The Kier molecular flexibility index (Phi) is 6.31. The predicted molar refractivity (Wildman–Crippen MR) is 84.2 cm³/mol. The summed E-state index contributed by atoms with van der Waals surface area (Å²) in [5.41, 5.74) is 0.907. The lowest BCUT2D eigenvalue weighted by molar-refractivity contribution is -0.143. The first kappa shape index (κ1) is 18.7. The van der Waals surface area contributed by atoms with Crippen LogP contribution in [0.5, 0.6) is 5.75 Å². The Labute approximate surface area is 147 Å². The van der Waals surface area contributed by atoms with Crippen LogP contribution in [0.1, 0.15) is 19.3 Å². The van der Waals surface area contributed by atoms with Crippen LogP contribution < -0.4 is 10.1 Å². The maximum atomic E-state index is 12.1. The molecular weight excluding hydrogens is 358 g/mol. The third kappa shape index (κ3) is 5.16. The molecule has 0 saturated heterocycles. The molecule has 0 fully saturated rings. The number of nitrogens with one attached hydrogen (secondary N) is 1. The van der Waals surface area contributed by atoms with Crippen molar-refractivity contribution in [3.63, 3.8) is 0 Å². The van der Waals surface area contributed by atoms with E-state index in [1.165, 1.54) is 18.2 Å². The standard InChI is InChI=1S/C16H13ClF2N2O4/c17-12-6-10(4-5-13(12)25-16(18)19)21-14(22)8-24-15(23)11-3-1-2-9(11)7-20/h4-6,16H,1-3,8H2,(H,21,22). The molecule has 0 saturated carbocycles. The number of nitrogens with zero attached hydrogens (tertiary/aromatic N) is 1. The van der Waals surface area contributed by atoms with E-state index in [0.717, 1.165) is 0 Å². The van der Waals surface area contributed by atoms with E-state index in [2.05, 4.69) is 10.1 Å². The van der Waals surface area contributed by atoms with Crippen LogP contribution in [-0.4, -0.2) is 25.1 Å². The highest BCUT2D eigenvalue weighted by molar-refractivity contribution is 6.32. The van der Waals surface area contributed by atoms with Crippen molar-refractivity contribution >= 4 is 29.2 Å². The maximum absolute atomic E-state index is 12.1. The Balaban J connectivity index is 1.89. The number of hydrogen-bond donors (Lipinski definition) is 1. The SMILES string of the molecule is N#CC1=C(C(=O)OCC(=O)Nc2ccc(OC(F)F)c(Cl)c2)CCC1. The van der Waals surface area contributed by atoms with Crippen molar-refractivity contribution in [3.05, 3.63) is 34.4 Å². The normalized spacial score (nSPS) is 13.6. The Morgan fingerprint density at radius 1 is 1.36 bits per heavy atom. The van der Waals surface area contributed by atoms with Gasteiger partial charge in [0.25, 0.3) is 5.91 Å². The van der Waals surface area contributed by atoms with Gasteiger partial charge in [-0.15, -0.1) is 0 Å². The molecule has 1 amide bonds. The second-order valence-electron chi connectivity index (χ2n) is 5.07. The van der Waals surface area contributed by atoms with E-state index in [9.17, 15) is 18.4 Å². The molecule has 1 aliphatic rings. The quantitative estimate of drug-likeness (QED) is 0.775. The van der Waals surface area contributed by atoms with Crippen LogP contribution in [0.2, 0.25) is 5.02 Å². The molecule has 2 rings (SSSR count). The number of allylic oxidation sites excluding steroid dienone is 1. The van der Waals surface area contributed by atoms with Gasteiger partial charge in [0, 0.05) is 11.3 Å². The van der Waals surface area contributed by atoms with Gasteiger partial charge in [0.05, 0.1) is 16.7 Å². The summed E-state index contributed by atoms with van der Waals surface area (Å²) < 4.78 is 33.4. The lowest BCUT2D eigenvalue weighted by atomic mass is 10.2. The molecule has 0 aromatic heterocycles. The number of nitriles is 1. The number of halogens is 3. The molecule has 0 heterocycles. The largest absolute Gasteiger partial charge is 0.452 e. The van der Waals surface area contributed by atoms with Gasteiger partial charge >= 0.3 is 12.6 Å². The third-order valence-corrected chi connectivity index (χ3v) is 3.66. The van der Waals surface area contributed by atoms with Crippen LogP contribution in [0, 0.1) is 11.3 Å². The van der Waals surface area contributed by atoms with Crippen molar-refractivity contribution in [3.8, 4) is 11.8 Å². The molecule has 0 atom stereocenters. The predicted octanol–water partition coefficient (Wildman–Crippen LogP) is 3.43. The molecule has 25 heavy (non-hydrogen) atoms. The van der Waals surface area contributed by atoms with Gasteiger partial charge < -0.3 is 14.8 Å². The van der Waals surface area contributed by atoms with Crippen LogP contribution in [0.4, 0.5) is 14.5 Å². The van der Waals surface area contributed by atoms with Crippen LogP contribution in [0.15, 0.2) is 29.3 Å². The smallest absolute Gasteiger partial charge is 0.387 e. The molecule has 0 spiro atoms.